The molecule has 6 nitrogen and oxygen atoms in total. The maximum absolute atomic E-state index is 13.2. The van der Waals surface area contributed by atoms with Crippen molar-refractivity contribution in [1.82, 2.24) is 14.7 Å². The Morgan fingerprint density at radius 2 is 1.81 bits per heavy atom. The highest BCUT2D eigenvalue weighted by Crippen LogP contribution is 2.29. The maximum Gasteiger partial charge on any atom is 0.326 e. The predicted molar refractivity (Wildman–Crippen MR) is 102 cm³/mol. The summed E-state index contributed by atoms with van der Waals surface area (Å²) >= 11 is 6.01. The second kappa shape index (κ2) is 7.35. The van der Waals surface area contributed by atoms with Gasteiger partial charge in [-0.2, -0.15) is 5.10 Å². The number of hydrogen-bond donors (Lipinski definition) is 1. The summed E-state index contributed by atoms with van der Waals surface area (Å²) in [6, 6.07) is 6.66. The fraction of sp³-hybridized carbons (Fsp3) is 0.450. The van der Waals surface area contributed by atoms with Crippen LogP contribution in [-0.4, -0.2) is 44.3 Å². The lowest BCUT2D eigenvalue weighted by Gasteiger charge is -2.20. The van der Waals surface area contributed by atoms with Crippen molar-refractivity contribution < 1.29 is 14.7 Å². The van der Waals surface area contributed by atoms with E-state index in [0.717, 1.165) is 49.0 Å². The summed E-state index contributed by atoms with van der Waals surface area (Å²) in [5.41, 5.74) is 3.32. The smallest absolute Gasteiger partial charge is 0.326 e. The summed E-state index contributed by atoms with van der Waals surface area (Å²) in [4.78, 5) is 26.2. The molecule has 1 aromatic heterocycles. The molecule has 2 heterocycles. The molecule has 0 spiro atoms. The largest absolute Gasteiger partial charge is 0.480 e. The van der Waals surface area contributed by atoms with E-state index < -0.39 is 12.0 Å². The van der Waals surface area contributed by atoms with E-state index in [2.05, 4.69) is 5.10 Å². The number of hydrogen-bond acceptors (Lipinski definition) is 3. The number of carboxylic acids is 1. The number of likely N-dealkylation sites (tertiary alicyclic amines) is 1. The summed E-state index contributed by atoms with van der Waals surface area (Å²) in [7, 11) is 0. The number of benzene rings is 1. The van der Waals surface area contributed by atoms with Crippen molar-refractivity contribution in [2.75, 3.05) is 6.54 Å². The zero-order valence-corrected chi connectivity index (χ0v) is 15.8. The molecule has 0 bridgehead atoms. The monoisotopic (exact) mass is 387 g/mol. The molecule has 1 atom stereocenters. The van der Waals surface area contributed by atoms with E-state index in [1.165, 1.54) is 4.90 Å². The van der Waals surface area contributed by atoms with E-state index >= 15 is 0 Å². The van der Waals surface area contributed by atoms with Crippen molar-refractivity contribution in [3.05, 3.63) is 46.2 Å². The Labute approximate surface area is 162 Å². The number of aromatic nitrogens is 2. The number of carbonyl (C=O) groups excluding carboxylic acids is 1. The van der Waals surface area contributed by atoms with Gasteiger partial charge in [-0.15, -0.1) is 0 Å². The van der Waals surface area contributed by atoms with Crippen LogP contribution in [0.1, 0.15) is 53.8 Å². The van der Waals surface area contributed by atoms with Crippen molar-refractivity contribution in [1.29, 1.82) is 0 Å². The molecule has 2 aromatic rings. The number of aliphatic carboxylic acids is 1. The van der Waals surface area contributed by atoms with E-state index in [0.29, 0.717) is 30.1 Å². The van der Waals surface area contributed by atoms with Gasteiger partial charge in [-0.25, -0.2) is 9.48 Å². The summed E-state index contributed by atoms with van der Waals surface area (Å²) < 4.78 is 1.84. The van der Waals surface area contributed by atoms with Gasteiger partial charge in [0.05, 0.1) is 5.69 Å². The van der Waals surface area contributed by atoms with Gasteiger partial charge < -0.3 is 10.0 Å². The Bertz CT molecular complexity index is 875. The summed E-state index contributed by atoms with van der Waals surface area (Å²) in [6.07, 6.45) is 6.06. The molecule has 0 radical (unpaired) electrons. The van der Waals surface area contributed by atoms with E-state index in [9.17, 15) is 14.7 Å². The van der Waals surface area contributed by atoms with Gasteiger partial charge in [0.15, 0.2) is 5.69 Å². The normalized spacial score (nSPS) is 19.6. The molecule has 7 heteroatoms. The van der Waals surface area contributed by atoms with Crippen molar-refractivity contribution in [3.63, 3.8) is 0 Å². The minimum absolute atomic E-state index is 0.259. The Kier molecular flexibility index (Phi) is 4.91. The Morgan fingerprint density at radius 1 is 1.07 bits per heavy atom. The van der Waals surface area contributed by atoms with Crippen molar-refractivity contribution >= 4 is 23.5 Å². The lowest BCUT2D eigenvalue weighted by molar-refractivity contribution is -0.141. The topological polar surface area (TPSA) is 75.4 Å². The van der Waals surface area contributed by atoms with E-state index in [1.54, 1.807) is 0 Å². The molecule has 1 N–H and O–H groups in total. The van der Waals surface area contributed by atoms with Crippen LogP contribution in [0.4, 0.5) is 0 Å². The molecular weight excluding hydrogens is 366 g/mol. The highest BCUT2D eigenvalue weighted by molar-refractivity contribution is 6.30. The van der Waals surface area contributed by atoms with Gasteiger partial charge in [-0.3, -0.25) is 4.79 Å². The second-order valence-electron chi connectivity index (χ2n) is 7.22. The first kappa shape index (κ1) is 18.0. The Balaban J connectivity index is 1.77. The summed E-state index contributed by atoms with van der Waals surface area (Å²) in [5.74, 6) is -1.20. The van der Waals surface area contributed by atoms with Gasteiger partial charge >= 0.3 is 5.97 Å². The first-order valence-corrected chi connectivity index (χ1v) is 9.84. The van der Waals surface area contributed by atoms with Gasteiger partial charge in [-0.05, 0) is 62.8 Å². The van der Waals surface area contributed by atoms with Crippen LogP contribution in [0, 0.1) is 0 Å². The molecule has 1 saturated heterocycles. The zero-order chi connectivity index (χ0) is 19.0. The van der Waals surface area contributed by atoms with Crippen LogP contribution in [0.25, 0.3) is 5.69 Å². The van der Waals surface area contributed by atoms with E-state index in [1.807, 2.05) is 28.9 Å². The number of carbonyl (C=O) groups is 2. The number of amides is 1. The third-order valence-corrected chi connectivity index (χ3v) is 5.75. The fourth-order valence-corrected chi connectivity index (χ4v) is 4.27. The highest BCUT2D eigenvalue weighted by atomic mass is 35.5. The predicted octanol–water partition coefficient (Wildman–Crippen LogP) is 3.48. The first-order chi connectivity index (χ1) is 13.1. The maximum atomic E-state index is 13.2. The number of fused-ring (bicyclic) bond motifs is 1. The number of rotatable bonds is 3. The van der Waals surface area contributed by atoms with Crippen LogP contribution in [0.2, 0.25) is 5.02 Å². The van der Waals surface area contributed by atoms with Crippen molar-refractivity contribution in [2.24, 2.45) is 0 Å². The standard InChI is InChI=1S/C20H22ClN3O3/c21-13-8-10-14(11-9-13)24-16-6-3-1-2-5-15(16)18(22-24)19(25)23-12-4-7-17(23)20(26)27/h8-11,17H,1-7,12H2,(H,26,27)/t17-/m0/s1. The minimum atomic E-state index is -0.941. The van der Waals surface area contributed by atoms with Crippen molar-refractivity contribution in [3.8, 4) is 5.69 Å². The highest BCUT2D eigenvalue weighted by Gasteiger charge is 2.37. The fourth-order valence-electron chi connectivity index (χ4n) is 4.15. The molecule has 1 amide bonds. The molecule has 1 aliphatic carbocycles. The van der Waals surface area contributed by atoms with Gasteiger partial charge in [0.25, 0.3) is 5.91 Å². The van der Waals surface area contributed by atoms with Gasteiger partial charge in [0.1, 0.15) is 6.04 Å². The summed E-state index contributed by atoms with van der Waals surface area (Å²) in [5, 5.41) is 14.7. The molecule has 1 aliphatic heterocycles. The number of halogens is 1. The van der Waals surface area contributed by atoms with Crippen LogP contribution in [0.15, 0.2) is 24.3 Å². The van der Waals surface area contributed by atoms with Gasteiger partial charge in [-0.1, -0.05) is 18.0 Å². The van der Waals surface area contributed by atoms with Crippen LogP contribution in [-0.2, 0) is 17.6 Å². The summed E-state index contributed by atoms with van der Waals surface area (Å²) in [6.45, 7) is 0.471. The molecule has 0 unspecified atom stereocenters. The van der Waals surface area contributed by atoms with Gasteiger partial charge in [0, 0.05) is 22.8 Å². The van der Waals surface area contributed by atoms with E-state index in [-0.39, 0.29) is 5.91 Å². The van der Waals surface area contributed by atoms with Crippen LogP contribution in [0.3, 0.4) is 0 Å². The Morgan fingerprint density at radius 3 is 2.56 bits per heavy atom. The molecule has 27 heavy (non-hydrogen) atoms. The third kappa shape index (κ3) is 3.34. The molecule has 1 aromatic carbocycles. The SMILES string of the molecule is O=C(O)[C@@H]1CCCN1C(=O)c1nn(-c2ccc(Cl)cc2)c2c1CCCCC2. The number of nitrogens with zero attached hydrogens (tertiary/aromatic N) is 3. The second-order valence-corrected chi connectivity index (χ2v) is 7.65. The Hall–Kier alpha value is -2.34. The van der Waals surface area contributed by atoms with Crippen molar-refractivity contribution in [2.45, 2.75) is 51.0 Å². The average molecular weight is 388 g/mol. The average Bonchev–Trinajstić information content (AvgIpc) is 3.21. The van der Waals surface area contributed by atoms with Crippen LogP contribution in [0.5, 0.6) is 0 Å². The minimum Gasteiger partial charge on any atom is -0.480 e. The quantitative estimate of drug-likeness (QED) is 0.818. The third-order valence-electron chi connectivity index (χ3n) is 5.50. The molecule has 0 saturated carbocycles. The van der Waals surface area contributed by atoms with Crippen LogP contribution >= 0.6 is 11.6 Å². The lowest BCUT2D eigenvalue weighted by Crippen LogP contribution is -2.41. The zero-order valence-electron chi connectivity index (χ0n) is 15.0. The van der Waals surface area contributed by atoms with Gasteiger partial charge in [0.2, 0.25) is 0 Å². The first-order valence-electron chi connectivity index (χ1n) is 9.47. The molecular formula is C20H22ClN3O3. The molecule has 4 rings (SSSR count). The molecule has 1 fully saturated rings. The molecule has 142 valence electrons. The van der Waals surface area contributed by atoms with E-state index in [4.69, 9.17) is 11.6 Å². The molecule has 2 aliphatic rings. The van der Waals surface area contributed by atoms with Crippen LogP contribution < -0.4 is 0 Å². The lowest BCUT2D eigenvalue weighted by atomic mass is 10.1. The number of carboxylic acid groups (broad SMARTS) is 1.